The summed E-state index contributed by atoms with van der Waals surface area (Å²) in [4.78, 5) is 10.2. The van der Waals surface area contributed by atoms with Gasteiger partial charge in [0.1, 0.15) is 0 Å². The van der Waals surface area contributed by atoms with Crippen LogP contribution >= 0.6 is 22.6 Å². The summed E-state index contributed by atoms with van der Waals surface area (Å²) >= 11 is 2.06. The standard InChI is InChI=1S/C11H15IN2O3/c1-7(5-8(2)15)13-11-4-3-9(14(16)17)6-10(11)12/h3-4,6-8,13,15H,5H2,1-2H3. The van der Waals surface area contributed by atoms with Crippen LogP contribution in [0.2, 0.25) is 0 Å². The molecular weight excluding hydrogens is 335 g/mol. The molecule has 0 heterocycles. The van der Waals surface area contributed by atoms with Gasteiger partial charge in [0.05, 0.1) is 11.0 Å². The van der Waals surface area contributed by atoms with E-state index in [0.29, 0.717) is 6.42 Å². The van der Waals surface area contributed by atoms with Gasteiger partial charge in [-0.3, -0.25) is 10.1 Å². The van der Waals surface area contributed by atoms with Crippen LogP contribution in [0.15, 0.2) is 18.2 Å². The maximum Gasteiger partial charge on any atom is 0.270 e. The third-order valence-electron chi connectivity index (χ3n) is 2.26. The zero-order valence-corrected chi connectivity index (χ0v) is 11.8. The van der Waals surface area contributed by atoms with E-state index in [1.807, 2.05) is 6.92 Å². The molecule has 1 aromatic carbocycles. The number of aliphatic hydroxyl groups is 1. The minimum Gasteiger partial charge on any atom is -0.393 e. The van der Waals surface area contributed by atoms with Crippen molar-refractivity contribution in [1.82, 2.24) is 0 Å². The van der Waals surface area contributed by atoms with Crippen LogP contribution in [-0.2, 0) is 0 Å². The summed E-state index contributed by atoms with van der Waals surface area (Å²) in [6.07, 6.45) is 0.265. The Hall–Kier alpha value is -0.890. The number of nitrogens with one attached hydrogen (secondary N) is 1. The average Bonchev–Trinajstić information content (AvgIpc) is 2.19. The summed E-state index contributed by atoms with van der Waals surface area (Å²) in [7, 11) is 0. The molecule has 2 unspecified atom stereocenters. The number of nitro groups is 1. The van der Waals surface area contributed by atoms with Crippen molar-refractivity contribution < 1.29 is 10.0 Å². The predicted octanol–water partition coefficient (Wildman–Crippen LogP) is 2.77. The van der Waals surface area contributed by atoms with E-state index >= 15 is 0 Å². The van der Waals surface area contributed by atoms with Gasteiger partial charge in [-0.1, -0.05) is 0 Å². The minimum atomic E-state index is -0.412. The summed E-state index contributed by atoms with van der Waals surface area (Å²) in [6.45, 7) is 3.70. The molecular formula is C11H15IN2O3. The zero-order valence-electron chi connectivity index (χ0n) is 9.68. The topological polar surface area (TPSA) is 75.4 Å². The lowest BCUT2D eigenvalue weighted by atomic mass is 10.1. The van der Waals surface area contributed by atoms with E-state index in [2.05, 4.69) is 27.9 Å². The van der Waals surface area contributed by atoms with Crippen LogP contribution in [0, 0.1) is 13.7 Å². The van der Waals surface area contributed by atoms with Gasteiger partial charge in [0.15, 0.2) is 0 Å². The van der Waals surface area contributed by atoms with Crippen molar-refractivity contribution in [3.05, 3.63) is 31.9 Å². The van der Waals surface area contributed by atoms with E-state index in [1.54, 1.807) is 13.0 Å². The Morgan fingerprint density at radius 3 is 2.65 bits per heavy atom. The number of aliphatic hydroxyl groups excluding tert-OH is 1. The fourth-order valence-electron chi connectivity index (χ4n) is 1.57. The molecule has 0 aliphatic carbocycles. The summed E-state index contributed by atoms with van der Waals surface area (Å²) in [5.41, 5.74) is 0.937. The molecule has 5 nitrogen and oxygen atoms in total. The van der Waals surface area contributed by atoms with E-state index in [-0.39, 0.29) is 17.8 Å². The minimum absolute atomic E-state index is 0.0862. The first-order chi connectivity index (χ1) is 7.90. The average molecular weight is 350 g/mol. The molecule has 6 heteroatoms. The second-order valence-electron chi connectivity index (χ2n) is 4.05. The van der Waals surface area contributed by atoms with Crippen molar-refractivity contribution in [2.24, 2.45) is 0 Å². The monoisotopic (exact) mass is 350 g/mol. The van der Waals surface area contributed by atoms with E-state index in [9.17, 15) is 15.2 Å². The molecule has 0 bridgehead atoms. The highest BCUT2D eigenvalue weighted by Gasteiger charge is 2.11. The third kappa shape index (κ3) is 4.47. The number of nitrogens with zero attached hydrogens (tertiary/aromatic N) is 1. The van der Waals surface area contributed by atoms with Crippen molar-refractivity contribution in [3.8, 4) is 0 Å². The molecule has 17 heavy (non-hydrogen) atoms. The smallest absolute Gasteiger partial charge is 0.270 e. The second-order valence-corrected chi connectivity index (χ2v) is 5.21. The SMILES string of the molecule is CC(O)CC(C)Nc1ccc([N+](=O)[O-])cc1I. The Labute approximate surface area is 114 Å². The van der Waals surface area contributed by atoms with Crippen molar-refractivity contribution in [1.29, 1.82) is 0 Å². The first kappa shape index (κ1) is 14.2. The summed E-state index contributed by atoms with van der Waals surface area (Å²) in [6, 6.07) is 4.81. The maximum absolute atomic E-state index is 10.6. The van der Waals surface area contributed by atoms with Crippen LogP contribution in [-0.4, -0.2) is 22.2 Å². The first-order valence-electron chi connectivity index (χ1n) is 5.28. The van der Waals surface area contributed by atoms with Gasteiger partial charge in [-0.2, -0.15) is 0 Å². The largest absolute Gasteiger partial charge is 0.393 e. The summed E-state index contributed by atoms with van der Waals surface area (Å²) in [5, 5.41) is 23.1. The number of benzene rings is 1. The zero-order chi connectivity index (χ0) is 13.0. The molecule has 0 aromatic heterocycles. The van der Waals surface area contributed by atoms with Crippen molar-refractivity contribution in [2.45, 2.75) is 32.4 Å². The number of rotatable bonds is 5. The van der Waals surface area contributed by atoms with E-state index in [0.717, 1.165) is 9.26 Å². The molecule has 0 aliphatic rings. The van der Waals surface area contributed by atoms with Crippen LogP contribution < -0.4 is 5.32 Å². The summed E-state index contributed by atoms with van der Waals surface area (Å²) < 4.78 is 0.800. The molecule has 2 atom stereocenters. The van der Waals surface area contributed by atoms with Crippen LogP contribution in [0.25, 0.3) is 0 Å². The van der Waals surface area contributed by atoms with Gasteiger partial charge < -0.3 is 10.4 Å². The van der Waals surface area contributed by atoms with Crippen LogP contribution in [0.1, 0.15) is 20.3 Å². The van der Waals surface area contributed by atoms with Crippen molar-refractivity contribution in [3.63, 3.8) is 0 Å². The van der Waals surface area contributed by atoms with E-state index < -0.39 is 4.92 Å². The highest BCUT2D eigenvalue weighted by molar-refractivity contribution is 14.1. The first-order valence-corrected chi connectivity index (χ1v) is 6.36. The normalized spacial score (nSPS) is 14.1. The maximum atomic E-state index is 10.6. The van der Waals surface area contributed by atoms with Crippen LogP contribution in [0.5, 0.6) is 0 Å². The molecule has 0 fully saturated rings. The molecule has 0 aliphatic heterocycles. The third-order valence-corrected chi connectivity index (χ3v) is 3.15. The van der Waals surface area contributed by atoms with Gasteiger partial charge in [-0.25, -0.2) is 0 Å². The molecule has 0 amide bonds. The van der Waals surface area contributed by atoms with Gasteiger partial charge in [0.25, 0.3) is 5.69 Å². The summed E-state index contributed by atoms with van der Waals surface area (Å²) in [5.74, 6) is 0. The molecule has 0 saturated heterocycles. The lowest BCUT2D eigenvalue weighted by molar-refractivity contribution is -0.384. The van der Waals surface area contributed by atoms with Crippen LogP contribution in [0.3, 0.4) is 0 Å². The van der Waals surface area contributed by atoms with E-state index in [4.69, 9.17) is 0 Å². The molecule has 0 saturated carbocycles. The van der Waals surface area contributed by atoms with Gasteiger partial charge >= 0.3 is 0 Å². The van der Waals surface area contributed by atoms with Crippen molar-refractivity contribution in [2.75, 3.05) is 5.32 Å². The number of nitro benzene ring substituents is 1. The number of hydrogen-bond acceptors (Lipinski definition) is 4. The van der Waals surface area contributed by atoms with Crippen LogP contribution in [0.4, 0.5) is 11.4 Å². The molecule has 94 valence electrons. The van der Waals surface area contributed by atoms with Gasteiger partial charge in [0.2, 0.25) is 0 Å². The Balaban J connectivity index is 2.75. The second kappa shape index (κ2) is 6.15. The Morgan fingerprint density at radius 2 is 2.18 bits per heavy atom. The Bertz CT molecular complexity index is 410. The molecule has 2 N–H and O–H groups in total. The lowest BCUT2D eigenvalue weighted by Crippen LogP contribution is -2.21. The Morgan fingerprint density at radius 1 is 1.53 bits per heavy atom. The molecule has 1 rings (SSSR count). The number of halogens is 1. The highest BCUT2D eigenvalue weighted by atomic mass is 127. The number of non-ortho nitro benzene ring substituents is 1. The number of anilines is 1. The van der Waals surface area contributed by atoms with Gasteiger partial charge in [-0.15, -0.1) is 0 Å². The van der Waals surface area contributed by atoms with Crippen molar-refractivity contribution >= 4 is 34.0 Å². The molecule has 0 radical (unpaired) electrons. The fourth-order valence-corrected chi connectivity index (χ4v) is 2.23. The lowest BCUT2D eigenvalue weighted by Gasteiger charge is -2.17. The predicted molar refractivity (Wildman–Crippen MR) is 75.2 cm³/mol. The molecule has 0 spiro atoms. The molecule has 1 aromatic rings. The highest BCUT2D eigenvalue weighted by Crippen LogP contribution is 2.24. The van der Waals surface area contributed by atoms with E-state index in [1.165, 1.54) is 12.1 Å². The van der Waals surface area contributed by atoms with Gasteiger partial charge in [-0.05, 0) is 48.9 Å². The van der Waals surface area contributed by atoms with Gasteiger partial charge in [0, 0.05) is 27.4 Å². The Kier molecular flexibility index (Phi) is 5.13. The number of hydrogen-bond donors (Lipinski definition) is 2. The quantitative estimate of drug-likeness (QED) is 0.487. The fraction of sp³-hybridized carbons (Fsp3) is 0.455.